The molecular formula is C10H18N2O2. The van der Waals surface area contributed by atoms with Crippen LogP contribution < -0.4 is 10.6 Å². The topological polar surface area (TPSA) is 50.4 Å². The van der Waals surface area contributed by atoms with E-state index >= 15 is 0 Å². The van der Waals surface area contributed by atoms with Crippen molar-refractivity contribution < 1.29 is 9.53 Å². The quantitative estimate of drug-likeness (QED) is 0.648. The second-order valence-electron chi connectivity index (χ2n) is 4.26. The summed E-state index contributed by atoms with van der Waals surface area (Å²) in [6, 6.07) is 0. The predicted octanol–water partition coefficient (Wildman–Crippen LogP) is -0.109. The lowest BCUT2D eigenvalue weighted by atomic mass is 10.0. The first kappa shape index (κ1) is 9.93. The zero-order valence-electron chi connectivity index (χ0n) is 8.64. The number of hydrogen-bond acceptors (Lipinski definition) is 3. The average Bonchev–Trinajstić information content (AvgIpc) is 2.78. The van der Waals surface area contributed by atoms with Gasteiger partial charge in [-0.05, 0) is 19.8 Å². The van der Waals surface area contributed by atoms with Gasteiger partial charge in [-0.3, -0.25) is 4.79 Å². The van der Waals surface area contributed by atoms with Crippen LogP contribution in [0.2, 0.25) is 0 Å². The van der Waals surface area contributed by atoms with Crippen LogP contribution in [0.4, 0.5) is 0 Å². The van der Waals surface area contributed by atoms with Gasteiger partial charge in [0, 0.05) is 19.7 Å². The molecule has 0 aromatic heterocycles. The average molecular weight is 198 g/mol. The molecule has 4 nitrogen and oxygen atoms in total. The Morgan fingerprint density at radius 2 is 2.29 bits per heavy atom. The second-order valence-corrected chi connectivity index (χ2v) is 4.26. The maximum Gasteiger partial charge on any atom is 0.226 e. The Morgan fingerprint density at radius 3 is 2.71 bits per heavy atom. The predicted molar refractivity (Wildman–Crippen MR) is 53.0 cm³/mol. The van der Waals surface area contributed by atoms with Gasteiger partial charge < -0.3 is 15.4 Å². The molecule has 0 unspecified atom stereocenters. The molecule has 0 atom stereocenters. The summed E-state index contributed by atoms with van der Waals surface area (Å²) in [5.41, 5.74) is -0.0112. The summed E-state index contributed by atoms with van der Waals surface area (Å²) >= 11 is 0. The molecule has 1 heterocycles. The molecule has 0 bridgehead atoms. The van der Waals surface area contributed by atoms with E-state index in [9.17, 15) is 4.79 Å². The fraction of sp³-hybridized carbons (Fsp3) is 0.900. The van der Waals surface area contributed by atoms with Crippen LogP contribution in [0.5, 0.6) is 0 Å². The summed E-state index contributed by atoms with van der Waals surface area (Å²) in [6.45, 7) is 5.04. The van der Waals surface area contributed by atoms with Crippen LogP contribution in [0.15, 0.2) is 0 Å². The molecule has 14 heavy (non-hydrogen) atoms. The van der Waals surface area contributed by atoms with E-state index in [0.29, 0.717) is 6.61 Å². The number of carbonyl (C=O) groups is 1. The molecule has 2 N–H and O–H groups in total. The Morgan fingerprint density at radius 1 is 1.57 bits per heavy atom. The molecule has 0 aromatic rings. The van der Waals surface area contributed by atoms with E-state index in [2.05, 4.69) is 10.6 Å². The summed E-state index contributed by atoms with van der Waals surface area (Å²) in [5.74, 6) is 0.384. The van der Waals surface area contributed by atoms with Gasteiger partial charge in [-0.2, -0.15) is 0 Å². The highest BCUT2D eigenvalue weighted by molar-refractivity contribution is 5.81. The molecule has 4 heteroatoms. The molecular weight excluding hydrogens is 180 g/mol. The SMILES string of the molecule is CCOCC1(NC(=O)C2CNC2)CC1. The summed E-state index contributed by atoms with van der Waals surface area (Å²) in [4.78, 5) is 11.6. The first-order valence-corrected chi connectivity index (χ1v) is 5.36. The minimum absolute atomic E-state index is 0.0112. The molecule has 1 aliphatic carbocycles. The molecule has 1 aliphatic heterocycles. The zero-order valence-corrected chi connectivity index (χ0v) is 8.64. The number of rotatable bonds is 5. The maximum atomic E-state index is 11.6. The highest BCUT2D eigenvalue weighted by Crippen LogP contribution is 2.35. The molecule has 1 saturated carbocycles. The normalized spacial score (nSPS) is 24.1. The third-order valence-corrected chi connectivity index (χ3v) is 2.98. The minimum atomic E-state index is -0.0112. The third kappa shape index (κ3) is 2.07. The molecule has 2 fully saturated rings. The lowest BCUT2D eigenvalue weighted by molar-refractivity contribution is -0.127. The van der Waals surface area contributed by atoms with Crippen molar-refractivity contribution in [3.05, 3.63) is 0 Å². The van der Waals surface area contributed by atoms with Gasteiger partial charge in [-0.15, -0.1) is 0 Å². The van der Waals surface area contributed by atoms with Crippen molar-refractivity contribution in [2.24, 2.45) is 5.92 Å². The fourth-order valence-corrected chi connectivity index (χ4v) is 1.59. The van der Waals surface area contributed by atoms with Gasteiger partial charge in [-0.1, -0.05) is 0 Å². The first-order valence-electron chi connectivity index (χ1n) is 5.36. The van der Waals surface area contributed by atoms with Gasteiger partial charge in [0.1, 0.15) is 0 Å². The van der Waals surface area contributed by atoms with Crippen molar-refractivity contribution >= 4 is 5.91 Å². The van der Waals surface area contributed by atoms with Gasteiger partial charge in [0.05, 0.1) is 18.1 Å². The van der Waals surface area contributed by atoms with Crippen molar-refractivity contribution in [2.45, 2.75) is 25.3 Å². The fourth-order valence-electron chi connectivity index (χ4n) is 1.59. The monoisotopic (exact) mass is 198 g/mol. The Labute approximate surface area is 84.4 Å². The molecule has 1 saturated heterocycles. The van der Waals surface area contributed by atoms with Crippen molar-refractivity contribution in [3.63, 3.8) is 0 Å². The maximum absolute atomic E-state index is 11.6. The number of amides is 1. The summed E-state index contributed by atoms with van der Waals surface area (Å²) in [6.07, 6.45) is 2.14. The van der Waals surface area contributed by atoms with E-state index in [1.54, 1.807) is 0 Å². The lowest BCUT2D eigenvalue weighted by Gasteiger charge is -2.28. The second kappa shape index (κ2) is 3.87. The van der Waals surface area contributed by atoms with E-state index < -0.39 is 0 Å². The van der Waals surface area contributed by atoms with Crippen LogP contribution >= 0.6 is 0 Å². The Balaban J connectivity index is 1.75. The highest BCUT2D eigenvalue weighted by atomic mass is 16.5. The van der Waals surface area contributed by atoms with Crippen LogP contribution in [0, 0.1) is 5.92 Å². The standard InChI is InChI=1S/C10H18N2O2/c1-2-14-7-10(3-4-10)12-9(13)8-5-11-6-8/h8,11H,2-7H2,1H3,(H,12,13). The van der Waals surface area contributed by atoms with E-state index in [1.165, 1.54) is 0 Å². The molecule has 0 radical (unpaired) electrons. The minimum Gasteiger partial charge on any atom is -0.379 e. The Bertz CT molecular complexity index is 222. The van der Waals surface area contributed by atoms with Gasteiger partial charge in [0.15, 0.2) is 0 Å². The van der Waals surface area contributed by atoms with Gasteiger partial charge in [0.2, 0.25) is 5.91 Å². The molecule has 0 aromatic carbocycles. The number of ether oxygens (including phenoxy) is 1. The third-order valence-electron chi connectivity index (χ3n) is 2.98. The number of nitrogens with one attached hydrogen (secondary N) is 2. The first-order chi connectivity index (χ1) is 6.76. The van der Waals surface area contributed by atoms with Crippen LogP contribution in [0.1, 0.15) is 19.8 Å². The Hall–Kier alpha value is -0.610. The van der Waals surface area contributed by atoms with Gasteiger partial charge in [0.25, 0.3) is 0 Å². The summed E-state index contributed by atoms with van der Waals surface area (Å²) < 4.78 is 5.36. The molecule has 80 valence electrons. The van der Waals surface area contributed by atoms with Crippen LogP contribution in [0.25, 0.3) is 0 Å². The van der Waals surface area contributed by atoms with E-state index in [-0.39, 0.29) is 17.4 Å². The zero-order chi connectivity index (χ0) is 10.0. The number of hydrogen-bond donors (Lipinski definition) is 2. The van der Waals surface area contributed by atoms with Gasteiger partial charge in [-0.25, -0.2) is 0 Å². The van der Waals surface area contributed by atoms with Crippen molar-refractivity contribution in [1.29, 1.82) is 0 Å². The summed E-state index contributed by atoms with van der Waals surface area (Å²) in [7, 11) is 0. The van der Waals surface area contributed by atoms with E-state index in [0.717, 1.165) is 32.5 Å². The van der Waals surface area contributed by atoms with Crippen molar-refractivity contribution in [3.8, 4) is 0 Å². The van der Waals surface area contributed by atoms with Crippen molar-refractivity contribution in [2.75, 3.05) is 26.3 Å². The lowest BCUT2D eigenvalue weighted by Crippen LogP contribution is -2.54. The van der Waals surface area contributed by atoms with E-state index in [4.69, 9.17) is 4.74 Å². The summed E-state index contributed by atoms with van der Waals surface area (Å²) in [5, 5.41) is 6.20. The molecule has 2 rings (SSSR count). The highest BCUT2D eigenvalue weighted by Gasteiger charge is 2.45. The molecule has 2 aliphatic rings. The van der Waals surface area contributed by atoms with E-state index in [1.807, 2.05) is 6.92 Å². The number of carbonyl (C=O) groups excluding carboxylic acids is 1. The van der Waals surface area contributed by atoms with Crippen molar-refractivity contribution in [1.82, 2.24) is 10.6 Å². The van der Waals surface area contributed by atoms with Crippen LogP contribution in [-0.2, 0) is 9.53 Å². The largest absolute Gasteiger partial charge is 0.379 e. The van der Waals surface area contributed by atoms with Crippen LogP contribution in [0.3, 0.4) is 0 Å². The molecule has 0 spiro atoms. The Kier molecular flexibility index (Phi) is 2.74. The van der Waals surface area contributed by atoms with Crippen LogP contribution in [-0.4, -0.2) is 37.7 Å². The molecule has 1 amide bonds. The van der Waals surface area contributed by atoms with Gasteiger partial charge >= 0.3 is 0 Å². The smallest absolute Gasteiger partial charge is 0.226 e.